The van der Waals surface area contributed by atoms with Gasteiger partial charge in [-0.05, 0) is 37.5 Å². The summed E-state index contributed by atoms with van der Waals surface area (Å²) in [4.78, 5) is 0. The average Bonchev–Trinajstić information content (AvgIpc) is 2.92. The van der Waals surface area contributed by atoms with Crippen LogP contribution < -0.4 is 0 Å². The second-order valence-corrected chi connectivity index (χ2v) is 4.83. The van der Waals surface area contributed by atoms with E-state index in [1.165, 1.54) is 12.1 Å². The maximum atomic E-state index is 12.7. The fraction of sp³-hybridized carbons (Fsp3) is 0.357. The van der Waals surface area contributed by atoms with E-state index in [0.717, 1.165) is 36.7 Å². The molecule has 2 heterocycles. The van der Waals surface area contributed by atoms with Gasteiger partial charge in [0.05, 0.1) is 11.3 Å². The first-order chi connectivity index (χ1) is 8.97. The smallest absolute Gasteiger partial charge is 0.269 e. The zero-order valence-electron chi connectivity index (χ0n) is 10.5. The minimum Gasteiger partial charge on any atom is -0.269 e. The Morgan fingerprint density at radius 3 is 2.74 bits per heavy atom. The minimum atomic E-state index is -4.31. The van der Waals surface area contributed by atoms with Gasteiger partial charge in [0.15, 0.2) is 0 Å². The van der Waals surface area contributed by atoms with Crippen LogP contribution in [0.15, 0.2) is 24.3 Å². The molecule has 0 saturated carbocycles. The van der Waals surface area contributed by atoms with Crippen molar-refractivity contribution in [1.29, 1.82) is 0 Å². The molecule has 0 amide bonds. The number of hydrogen-bond acceptors (Lipinski definition) is 1. The molecule has 0 atom stereocenters. The zero-order chi connectivity index (χ0) is 13.6. The Labute approximate surface area is 108 Å². The Balaban J connectivity index is 2.08. The highest BCUT2D eigenvalue weighted by Crippen LogP contribution is 2.34. The second-order valence-electron chi connectivity index (χ2n) is 4.83. The molecule has 0 spiro atoms. The maximum Gasteiger partial charge on any atom is 0.416 e. The van der Waals surface area contributed by atoms with Crippen LogP contribution in [0.5, 0.6) is 0 Å². The number of aromatic nitrogens is 2. The molecule has 100 valence electrons. The number of benzene rings is 1. The quantitative estimate of drug-likeness (QED) is 0.767. The Kier molecular flexibility index (Phi) is 2.66. The molecule has 0 radical (unpaired) electrons. The van der Waals surface area contributed by atoms with Gasteiger partial charge >= 0.3 is 6.18 Å². The molecule has 1 aromatic heterocycles. The standard InChI is InChI=1S/C14H13F3N2/c1-9-12-6-3-7-19(12)18-13(9)10-4-2-5-11(8-10)14(15,16)17/h2,4-5,8H,3,6-7H2,1H3. The van der Waals surface area contributed by atoms with Gasteiger partial charge in [0.25, 0.3) is 0 Å². The first-order valence-electron chi connectivity index (χ1n) is 6.21. The monoisotopic (exact) mass is 266 g/mol. The molecular weight excluding hydrogens is 253 g/mol. The molecule has 1 aliphatic heterocycles. The van der Waals surface area contributed by atoms with Gasteiger partial charge in [-0.15, -0.1) is 0 Å². The zero-order valence-corrected chi connectivity index (χ0v) is 10.5. The van der Waals surface area contributed by atoms with Crippen LogP contribution in [0.2, 0.25) is 0 Å². The topological polar surface area (TPSA) is 17.8 Å². The van der Waals surface area contributed by atoms with E-state index in [-0.39, 0.29) is 0 Å². The molecule has 1 aromatic carbocycles. The van der Waals surface area contributed by atoms with Crippen molar-refractivity contribution >= 4 is 0 Å². The highest BCUT2D eigenvalue weighted by atomic mass is 19.4. The maximum absolute atomic E-state index is 12.7. The molecule has 0 saturated heterocycles. The van der Waals surface area contributed by atoms with Crippen LogP contribution in [-0.2, 0) is 19.1 Å². The van der Waals surface area contributed by atoms with Crippen LogP contribution in [0.1, 0.15) is 23.2 Å². The number of hydrogen-bond donors (Lipinski definition) is 0. The molecular formula is C14H13F3N2. The van der Waals surface area contributed by atoms with Crippen molar-refractivity contribution in [3.8, 4) is 11.3 Å². The molecule has 19 heavy (non-hydrogen) atoms. The van der Waals surface area contributed by atoms with Crippen molar-refractivity contribution in [2.75, 3.05) is 0 Å². The van der Waals surface area contributed by atoms with Crippen molar-refractivity contribution in [2.45, 2.75) is 32.5 Å². The van der Waals surface area contributed by atoms with Crippen molar-refractivity contribution in [3.05, 3.63) is 41.1 Å². The minimum absolute atomic E-state index is 0.536. The Hall–Kier alpha value is -1.78. The second kappa shape index (κ2) is 4.11. The summed E-state index contributed by atoms with van der Waals surface area (Å²) in [5.74, 6) is 0. The van der Waals surface area contributed by atoms with Crippen molar-refractivity contribution in [3.63, 3.8) is 0 Å². The van der Waals surface area contributed by atoms with Gasteiger partial charge in [-0.25, -0.2) is 0 Å². The van der Waals surface area contributed by atoms with E-state index in [1.54, 1.807) is 6.07 Å². The number of alkyl halides is 3. The highest BCUT2D eigenvalue weighted by molar-refractivity contribution is 5.65. The fourth-order valence-corrected chi connectivity index (χ4v) is 2.60. The average molecular weight is 266 g/mol. The molecule has 5 heteroatoms. The van der Waals surface area contributed by atoms with Crippen LogP contribution in [0, 0.1) is 6.92 Å². The lowest BCUT2D eigenvalue weighted by molar-refractivity contribution is -0.137. The van der Waals surface area contributed by atoms with E-state index >= 15 is 0 Å². The highest BCUT2D eigenvalue weighted by Gasteiger charge is 2.31. The molecule has 3 rings (SSSR count). The number of nitrogens with zero attached hydrogens (tertiary/aromatic N) is 2. The van der Waals surface area contributed by atoms with Gasteiger partial charge in [0, 0.05) is 17.8 Å². The van der Waals surface area contributed by atoms with Crippen LogP contribution >= 0.6 is 0 Å². The summed E-state index contributed by atoms with van der Waals surface area (Å²) in [6.45, 7) is 2.79. The first-order valence-corrected chi connectivity index (χ1v) is 6.21. The Bertz CT molecular complexity index is 626. The van der Waals surface area contributed by atoms with Crippen LogP contribution in [-0.4, -0.2) is 9.78 Å². The molecule has 1 aliphatic rings. The lowest BCUT2D eigenvalue weighted by Gasteiger charge is -2.08. The van der Waals surface area contributed by atoms with Gasteiger partial charge < -0.3 is 0 Å². The fourth-order valence-electron chi connectivity index (χ4n) is 2.60. The molecule has 0 bridgehead atoms. The summed E-state index contributed by atoms with van der Waals surface area (Å²) < 4.78 is 40.1. The van der Waals surface area contributed by atoms with Crippen LogP contribution in [0.4, 0.5) is 13.2 Å². The van der Waals surface area contributed by atoms with Gasteiger partial charge in [0.1, 0.15) is 0 Å². The molecule has 2 nitrogen and oxygen atoms in total. The van der Waals surface area contributed by atoms with Crippen molar-refractivity contribution in [1.82, 2.24) is 9.78 Å². The number of aryl methyl sites for hydroxylation is 1. The Morgan fingerprint density at radius 1 is 1.26 bits per heavy atom. The van der Waals surface area contributed by atoms with Crippen molar-refractivity contribution < 1.29 is 13.2 Å². The third-order valence-electron chi connectivity index (χ3n) is 3.57. The molecule has 0 aliphatic carbocycles. The molecule has 0 N–H and O–H groups in total. The summed E-state index contributed by atoms with van der Waals surface area (Å²) in [7, 11) is 0. The first kappa shape index (κ1) is 12.3. The summed E-state index contributed by atoms with van der Waals surface area (Å²) in [6.07, 6.45) is -2.30. The summed E-state index contributed by atoms with van der Waals surface area (Å²) in [5.41, 5.74) is 2.72. The number of halogens is 3. The van der Waals surface area contributed by atoms with Gasteiger partial charge in [0.2, 0.25) is 0 Å². The van der Waals surface area contributed by atoms with E-state index in [0.29, 0.717) is 11.3 Å². The summed E-state index contributed by atoms with van der Waals surface area (Å²) in [5, 5.41) is 4.43. The molecule has 0 unspecified atom stereocenters. The number of fused-ring (bicyclic) bond motifs is 1. The third-order valence-corrected chi connectivity index (χ3v) is 3.57. The van der Waals surface area contributed by atoms with E-state index in [1.807, 2.05) is 11.6 Å². The predicted molar refractivity (Wildman–Crippen MR) is 65.7 cm³/mol. The van der Waals surface area contributed by atoms with Crippen LogP contribution in [0.3, 0.4) is 0 Å². The van der Waals surface area contributed by atoms with Gasteiger partial charge in [-0.1, -0.05) is 12.1 Å². The van der Waals surface area contributed by atoms with E-state index in [2.05, 4.69) is 5.10 Å². The van der Waals surface area contributed by atoms with Gasteiger partial charge in [-0.2, -0.15) is 18.3 Å². The normalized spacial score (nSPS) is 14.7. The number of rotatable bonds is 1. The summed E-state index contributed by atoms with van der Waals surface area (Å²) >= 11 is 0. The Morgan fingerprint density at radius 2 is 2.05 bits per heavy atom. The molecule has 0 fully saturated rings. The SMILES string of the molecule is Cc1c(-c2cccc(C(F)(F)F)c2)nn2c1CCC2. The van der Waals surface area contributed by atoms with Gasteiger partial charge in [-0.3, -0.25) is 4.68 Å². The molecule has 2 aromatic rings. The predicted octanol–water partition coefficient (Wildman–Crippen LogP) is 3.82. The third kappa shape index (κ3) is 2.03. The van der Waals surface area contributed by atoms with E-state index in [4.69, 9.17) is 0 Å². The summed E-state index contributed by atoms with van der Waals surface area (Å²) in [6, 6.07) is 5.37. The largest absolute Gasteiger partial charge is 0.416 e. The lowest BCUT2D eigenvalue weighted by atomic mass is 10.0. The van der Waals surface area contributed by atoms with E-state index < -0.39 is 11.7 Å². The van der Waals surface area contributed by atoms with Crippen molar-refractivity contribution in [2.24, 2.45) is 0 Å². The van der Waals surface area contributed by atoms with E-state index in [9.17, 15) is 13.2 Å². The van der Waals surface area contributed by atoms with Crippen LogP contribution in [0.25, 0.3) is 11.3 Å². The lowest BCUT2D eigenvalue weighted by Crippen LogP contribution is -2.04.